The molecule has 1 fully saturated rings. The van der Waals surface area contributed by atoms with Gasteiger partial charge in [-0.1, -0.05) is 44.2 Å². The lowest BCUT2D eigenvalue weighted by atomic mass is 10.1. The second-order valence-corrected chi connectivity index (χ2v) is 8.53. The van der Waals surface area contributed by atoms with Crippen molar-refractivity contribution < 1.29 is 19.3 Å². The molecule has 6 heteroatoms. The molecule has 0 aliphatic carbocycles. The Labute approximate surface area is 153 Å². The molecule has 0 bridgehead atoms. The minimum Gasteiger partial charge on any atom is -0.394 e. The number of benzene rings is 1. The summed E-state index contributed by atoms with van der Waals surface area (Å²) in [7, 11) is 0. The second-order valence-electron chi connectivity index (χ2n) is 5.40. The summed E-state index contributed by atoms with van der Waals surface area (Å²) in [5, 5.41) is 9.84. The van der Waals surface area contributed by atoms with Crippen molar-refractivity contribution in [2.24, 2.45) is 0 Å². The normalized spacial score (nSPS) is 27.5. The van der Waals surface area contributed by atoms with E-state index in [1.165, 1.54) is 0 Å². The second kappa shape index (κ2) is 10.7. The number of thioether (sulfide) groups is 2. The van der Waals surface area contributed by atoms with Crippen LogP contribution in [0.25, 0.3) is 0 Å². The maximum absolute atomic E-state index is 9.84. The number of ether oxygens (including phenoxy) is 3. The van der Waals surface area contributed by atoms with Gasteiger partial charge < -0.3 is 19.3 Å². The van der Waals surface area contributed by atoms with Crippen LogP contribution in [0.3, 0.4) is 0 Å². The molecule has 4 atom stereocenters. The van der Waals surface area contributed by atoms with E-state index in [-0.39, 0.29) is 29.5 Å². The molecule has 0 radical (unpaired) electrons. The van der Waals surface area contributed by atoms with E-state index in [0.717, 1.165) is 17.1 Å². The highest BCUT2D eigenvalue weighted by Gasteiger charge is 2.44. The Morgan fingerprint density at radius 2 is 1.75 bits per heavy atom. The summed E-state index contributed by atoms with van der Waals surface area (Å²) in [4.78, 5) is 0. The van der Waals surface area contributed by atoms with Crippen LogP contribution in [0, 0.1) is 0 Å². The smallest absolute Gasteiger partial charge is 0.184 e. The van der Waals surface area contributed by atoms with Crippen LogP contribution in [-0.2, 0) is 14.2 Å². The molecule has 0 aromatic heterocycles. The molecule has 1 aliphatic rings. The molecule has 4 unspecified atom stereocenters. The van der Waals surface area contributed by atoms with Crippen molar-refractivity contribution in [1.29, 1.82) is 0 Å². The summed E-state index contributed by atoms with van der Waals surface area (Å²) in [6.45, 7) is 6.76. The molecule has 1 aromatic carbocycles. The zero-order valence-corrected chi connectivity index (χ0v) is 16.2. The first-order valence-corrected chi connectivity index (χ1v) is 10.7. The average molecular weight is 373 g/mol. The van der Waals surface area contributed by atoms with Crippen LogP contribution in [0.2, 0.25) is 0 Å². The van der Waals surface area contributed by atoms with Gasteiger partial charge in [-0.25, -0.2) is 0 Å². The highest BCUT2D eigenvalue weighted by Crippen LogP contribution is 2.39. The van der Waals surface area contributed by atoms with E-state index in [1.807, 2.05) is 60.8 Å². The van der Waals surface area contributed by atoms with Crippen molar-refractivity contribution in [3.05, 3.63) is 35.9 Å². The lowest BCUT2D eigenvalue weighted by Crippen LogP contribution is -2.53. The Morgan fingerprint density at radius 1 is 1.08 bits per heavy atom. The summed E-state index contributed by atoms with van der Waals surface area (Å²) >= 11 is 3.74. The van der Waals surface area contributed by atoms with Gasteiger partial charge in [-0.15, -0.1) is 23.5 Å². The van der Waals surface area contributed by atoms with Crippen molar-refractivity contribution in [2.45, 2.75) is 50.0 Å². The largest absolute Gasteiger partial charge is 0.394 e. The number of rotatable bonds is 9. The van der Waals surface area contributed by atoms with Gasteiger partial charge in [-0.3, -0.25) is 0 Å². The van der Waals surface area contributed by atoms with Crippen molar-refractivity contribution in [3.63, 3.8) is 0 Å². The van der Waals surface area contributed by atoms with Gasteiger partial charge in [-0.05, 0) is 18.4 Å². The molecule has 136 valence electrons. The fraction of sp³-hybridized carbons (Fsp3) is 0.667. The van der Waals surface area contributed by atoms with E-state index in [2.05, 4.69) is 13.8 Å². The molecule has 1 heterocycles. The number of aliphatic hydroxyl groups excluding tert-OH is 1. The quantitative estimate of drug-likeness (QED) is 0.667. The number of aliphatic hydroxyl groups is 1. The predicted octanol–water partition coefficient (Wildman–Crippen LogP) is 3.70. The minimum absolute atomic E-state index is 0.0752. The van der Waals surface area contributed by atoms with Gasteiger partial charge in [-0.2, -0.15) is 0 Å². The van der Waals surface area contributed by atoms with Crippen molar-refractivity contribution in [2.75, 3.05) is 24.7 Å². The lowest BCUT2D eigenvalue weighted by Gasteiger charge is -2.43. The molecule has 1 saturated heterocycles. The van der Waals surface area contributed by atoms with Crippen molar-refractivity contribution in [1.82, 2.24) is 0 Å². The van der Waals surface area contributed by atoms with Gasteiger partial charge >= 0.3 is 0 Å². The molecule has 1 N–H and O–H groups in total. The highest BCUT2D eigenvalue weighted by molar-refractivity contribution is 8.17. The fourth-order valence-corrected chi connectivity index (χ4v) is 5.47. The molecule has 0 amide bonds. The molecule has 0 spiro atoms. The zero-order chi connectivity index (χ0) is 17.4. The van der Waals surface area contributed by atoms with Crippen LogP contribution in [0.5, 0.6) is 0 Å². The maximum Gasteiger partial charge on any atom is 0.184 e. The zero-order valence-electron chi connectivity index (χ0n) is 14.6. The molecule has 24 heavy (non-hydrogen) atoms. The fourth-order valence-electron chi connectivity index (χ4n) is 2.79. The third-order valence-electron chi connectivity index (χ3n) is 3.81. The van der Waals surface area contributed by atoms with Crippen LogP contribution in [0.1, 0.15) is 32.6 Å². The average Bonchev–Trinajstić information content (AvgIpc) is 2.62. The first-order chi connectivity index (χ1) is 11.7. The SMILES string of the molecule is CCOC1C(CO)OC(c2ccccc2)OC1C(SCC)SCC. The Balaban J connectivity index is 2.25. The first-order valence-electron chi connectivity index (χ1n) is 8.56. The molecular formula is C18H28O4S2. The van der Waals surface area contributed by atoms with Crippen LogP contribution in [0.4, 0.5) is 0 Å². The Hall–Kier alpha value is -0.240. The van der Waals surface area contributed by atoms with Gasteiger partial charge in [0, 0.05) is 12.2 Å². The van der Waals surface area contributed by atoms with Gasteiger partial charge in [0.2, 0.25) is 0 Å². The topological polar surface area (TPSA) is 47.9 Å². The molecule has 2 rings (SSSR count). The summed E-state index contributed by atoms with van der Waals surface area (Å²) in [6.07, 6.45) is -1.24. The van der Waals surface area contributed by atoms with E-state index in [9.17, 15) is 5.11 Å². The first kappa shape index (κ1) is 20.1. The standard InChI is InChI=1S/C18H28O4S2/c1-4-20-15-14(12-19)21-17(13-10-8-7-9-11-13)22-16(15)18(23-5-2)24-6-3/h7-11,14-19H,4-6,12H2,1-3H3. The highest BCUT2D eigenvalue weighted by atomic mass is 32.2. The predicted molar refractivity (Wildman–Crippen MR) is 101 cm³/mol. The van der Waals surface area contributed by atoms with Crippen LogP contribution in [0.15, 0.2) is 30.3 Å². The van der Waals surface area contributed by atoms with E-state index in [1.54, 1.807) is 0 Å². The number of hydrogen-bond donors (Lipinski definition) is 1. The van der Waals surface area contributed by atoms with Crippen molar-refractivity contribution >= 4 is 23.5 Å². The van der Waals surface area contributed by atoms with E-state index < -0.39 is 6.29 Å². The Bertz CT molecular complexity index is 454. The van der Waals surface area contributed by atoms with Gasteiger partial charge in [0.15, 0.2) is 6.29 Å². The molecule has 0 saturated carbocycles. The minimum atomic E-state index is -0.470. The third kappa shape index (κ3) is 5.13. The van der Waals surface area contributed by atoms with Gasteiger partial charge in [0.1, 0.15) is 18.3 Å². The monoisotopic (exact) mass is 372 g/mol. The van der Waals surface area contributed by atoms with Crippen LogP contribution >= 0.6 is 23.5 Å². The summed E-state index contributed by atoms with van der Waals surface area (Å²) in [6, 6.07) is 9.90. The summed E-state index contributed by atoms with van der Waals surface area (Å²) in [5.74, 6) is 2.02. The Kier molecular flexibility index (Phi) is 8.94. The molecule has 1 aromatic rings. The molecule has 1 aliphatic heterocycles. The molecule has 4 nitrogen and oxygen atoms in total. The van der Waals surface area contributed by atoms with Gasteiger partial charge in [0.25, 0.3) is 0 Å². The van der Waals surface area contributed by atoms with Crippen LogP contribution < -0.4 is 0 Å². The lowest BCUT2D eigenvalue weighted by molar-refractivity contribution is -0.298. The van der Waals surface area contributed by atoms with Gasteiger partial charge in [0.05, 0.1) is 11.2 Å². The van der Waals surface area contributed by atoms with E-state index in [4.69, 9.17) is 14.2 Å². The number of hydrogen-bond acceptors (Lipinski definition) is 6. The Morgan fingerprint density at radius 3 is 2.29 bits per heavy atom. The molecular weight excluding hydrogens is 344 g/mol. The summed E-state index contributed by atoms with van der Waals surface area (Å²) in [5.41, 5.74) is 0.970. The van der Waals surface area contributed by atoms with Crippen LogP contribution in [-0.4, -0.2) is 52.7 Å². The van der Waals surface area contributed by atoms with Crippen molar-refractivity contribution in [3.8, 4) is 0 Å². The van der Waals surface area contributed by atoms with E-state index in [0.29, 0.717) is 6.61 Å². The maximum atomic E-state index is 9.84. The third-order valence-corrected chi connectivity index (χ3v) is 6.49. The van der Waals surface area contributed by atoms with E-state index >= 15 is 0 Å². The summed E-state index contributed by atoms with van der Waals surface area (Å²) < 4.78 is 18.5.